The van der Waals surface area contributed by atoms with Gasteiger partial charge in [-0.25, -0.2) is 4.79 Å². The van der Waals surface area contributed by atoms with Crippen molar-refractivity contribution in [3.8, 4) is 0 Å². The normalized spacial score (nSPS) is 11.7. The minimum absolute atomic E-state index is 0.142. The number of carboxylic acids is 1. The Morgan fingerprint density at radius 1 is 1.30 bits per heavy atom. The van der Waals surface area contributed by atoms with E-state index < -0.39 is 5.97 Å². The summed E-state index contributed by atoms with van der Waals surface area (Å²) in [7, 11) is 1.74. The third kappa shape index (κ3) is 5.73. The number of carbonyl (C=O) groups excluding carboxylic acids is 1. The zero-order chi connectivity index (χ0) is 15.0. The molecular weight excluding hydrogens is 256 g/mol. The number of aliphatic carboxylic acids is 1. The molecule has 2 amide bonds. The van der Waals surface area contributed by atoms with Gasteiger partial charge in [0.05, 0.1) is 5.92 Å². The number of carboxylic acid groups (broad SMARTS) is 1. The van der Waals surface area contributed by atoms with Gasteiger partial charge in [-0.3, -0.25) is 4.79 Å². The van der Waals surface area contributed by atoms with E-state index in [1.807, 2.05) is 30.3 Å². The lowest BCUT2D eigenvalue weighted by Crippen LogP contribution is -2.37. The van der Waals surface area contributed by atoms with Crippen LogP contribution in [0.25, 0.3) is 0 Å². The predicted molar refractivity (Wildman–Crippen MR) is 77.3 cm³/mol. The topological polar surface area (TPSA) is 69.6 Å². The highest BCUT2D eigenvalue weighted by Gasteiger charge is 2.11. The summed E-state index contributed by atoms with van der Waals surface area (Å²) in [6.07, 6.45) is 1.23. The molecule has 0 aromatic heterocycles. The summed E-state index contributed by atoms with van der Waals surface area (Å²) in [5.41, 5.74) is 1.07. The SMILES string of the molecule is CC(CCCNC(=O)N(C)Cc1ccccc1)C(=O)O. The Morgan fingerprint density at radius 3 is 2.55 bits per heavy atom. The Labute approximate surface area is 119 Å². The molecule has 0 fully saturated rings. The van der Waals surface area contributed by atoms with Gasteiger partial charge in [-0.15, -0.1) is 0 Å². The fourth-order valence-corrected chi connectivity index (χ4v) is 1.79. The molecule has 1 aromatic rings. The first kappa shape index (κ1) is 16.0. The van der Waals surface area contributed by atoms with Crippen molar-refractivity contribution in [2.24, 2.45) is 5.92 Å². The molecule has 0 aliphatic rings. The summed E-state index contributed by atoms with van der Waals surface area (Å²) in [5.74, 6) is -1.16. The van der Waals surface area contributed by atoms with E-state index in [2.05, 4.69) is 5.32 Å². The van der Waals surface area contributed by atoms with Gasteiger partial charge < -0.3 is 15.3 Å². The van der Waals surface area contributed by atoms with Crippen LogP contribution in [0.5, 0.6) is 0 Å². The molecule has 0 saturated heterocycles. The zero-order valence-corrected chi connectivity index (χ0v) is 12.0. The summed E-state index contributed by atoms with van der Waals surface area (Å²) in [5, 5.41) is 11.5. The van der Waals surface area contributed by atoms with E-state index in [-0.39, 0.29) is 11.9 Å². The number of rotatable bonds is 7. The van der Waals surface area contributed by atoms with E-state index >= 15 is 0 Å². The maximum absolute atomic E-state index is 11.8. The second kappa shape index (κ2) is 8.19. The number of urea groups is 1. The van der Waals surface area contributed by atoms with Crippen LogP contribution >= 0.6 is 0 Å². The molecule has 20 heavy (non-hydrogen) atoms. The number of carbonyl (C=O) groups is 2. The standard InChI is InChI=1S/C15H22N2O3/c1-12(14(18)19)7-6-10-16-15(20)17(2)11-13-8-4-3-5-9-13/h3-5,8-9,12H,6-7,10-11H2,1-2H3,(H,16,20)(H,18,19). The van der Waals surface area contributed by atoms with Crippen molar-refractivity contribution in [3.05, 3.63) is 35.9 Å². The van der Waals surface area contributed by atoms with Gasteiger partial charge in [-0.05, 0) is 18.4 Å². The van der Waals surface area contributed by atoms with Crippen molar-refractivity contribution in [1.82, 2.24) is 10.2 Å². The average Bonchev–Trinajstić information content (AvgIpc) is 2.43. The molecule has 1 aromatic carbocycles. The van der Waals surface area contributed by atoms with E-state index in [0.29, 0.717) is 25.9 Å². The van der Waals surface area contributed by atoms with Crippen LogP contribution in [0.2, 0.25) is 0 Å². The first-order valence-electron chi connectivity index (χ1n) is 6.76. The summed E-state index contributed by atoms with van der Waals surface area (Å²) in [6.45, 7) is 2.72. The number of hydrogen-bond donors (Lipinski definition) is 2. The van der Waals surface area contributed by atoms with Gasteiger partial charge in [0.2, 0.25) is 0 Å². The third-order valence-corrected chi connectivity index (χ3v) is 3.12. The Bertz CT molecular complexity index is 434. The lowest BCUT2D eigenvalue weighted by atomic mass is 10.1. The molecule has 2 N–H and O–H groups in total. The van der Waals surface area contributed by atoms with Crippen molar-refractivity contribution in [2.45, 2.75) is 26.3 Å². The van der Waals surface area contributed by atoms with E-state index in [1.165, 1.54) is 0 Å². The van der Waals surface area contributed by atoms with Crippen LogP contribution in [0.15, 0.2) is 30.3 Å². The van der Waals surface area contributed by atoms with Crippen molar-refractivity contribution >= 4 is 12.0 Å². The third-order valence-electron chi connectivity index (χ3n) is 3.12. The number of nitrogens with one attached hydrogen (secondary N) is 1. The summed E-state index contributed by atoms with van der Waals surface area (Å²) in [6, 6.07) is 9.61. The van der Waals surface area contributed by atoms with Crippen LogP contribution in [0, 0.1) is 5.92 Å². The summed E-state index contributed by atoms with van der Waals surface area (Å²) < 4.78 is 0. The Balaban J connectivity index is 2.24. The highest BCUT2D eigenvalue weighted by molar-refractivity contribution is 5.73. The van der Waals surface area contributed by atoms with Crippen molar-refractivity contribution < 1.29 is 14.7 Å². The molecule has 0 spiro atoms. The number of hydrogen-bond acceptors (Lipinski definition) is 2. The Kier molecular flexibility index (Phi) is 6.56. The number of amides is 2. The van der Waals surface area contributed by atoms with Crippen LogP contribution in [0.1, 0.15) is 25.3 Å². The fourth-order valence-electron chi connectivity index (χ4n) is 1.79. The quantitative estimate of drug-likeness (QED) is 0.752. The van der Waals surface area contributed by atoms with Gasteiger partial charge in [-0.2, -0.15) is 0 Å². The Morgan fingerprint density at radius 2 is 1.95 bits per heavy atom. The zero-order valence-electron chi connectivity index (χ0n) is 12.0. The average molecular weight is 278 g/mol. The number of benzene rings is 1. The second-order valence-corrected chi connectivity index (χ2v) is 4.96. The van der Waals surface area contributed by atoms with Crippen LogP contribution in [0.4, 0.5) is 4.79 Å². The van der Waals surface area contributed by atoms with Crippen LogP contribution in [-0.4, -0.2) is 35.6 Å². The molecule has 1 rings (SSSR count). The Hall–Kier alpha value is -2.04. The highest BCUT2D eigenvalue weighted by atomic mass is 16.4. The predicted octanol–water partition coefficient (Wildman–Crippen LogP) is 2.33. The minimum Gasteiger partial charge on any atom is -0.481 e. The van der Waals surface area contributed by atoms with Gasteiger partial charge in [0.25, 0.3) is 0 Å². The smallest absolute Gasteiger partial charge is 0.317 e. The van der Waals surface area contributed by atoms with E-state index in [1.54, 1.807) is 18.9 Å². The molecule has 0 aliphatic heterocycles. The minimum atomic E-state index is -0.794. The lowest BCUT2D eigenvalue weighted by Gasteiger charge is -2.18. The van der Waals surface area contributed by atoms with Crippen molar-refractivity contribution in [3.63, 3.8) is 0 Å². The molecule has 0 radical (unpaired) electrons. The molecule has 0 saturated carbocycles. The van der Waals surface area contributed by atoms with Crippen molar-refractivity contribution in [2.75, 3.05) is 13.6 Å². The van der Waals surface area contributed by atoms with E-state index in [0.717, 1.165) is 5.56 Å². The second-order valence-electron chi connectivity index (χ2n) is 4.96. The van der Waals surface area contributed by atoms with Gasteiger partial charge in [-0.1, -0.05) is 37.3 Å². The first-order chi connectivity index (χ1) is 9.50. The molecule has 0 heterocycles. The van der Waals surface area contributed by atoms with Crippen molar-refractivity contribution in [1.29, 1.82) is 0 Å². The molecule has 5 heteroatoms. The summed E-state index contributed by atoms with van der Waals surface area (Å²) >= 11 is 0. The first-order valence-corrected chi connectivity index (χ1v) is 6.76. The van der Waals surface area contributed by atoms with Gasteiger partial charge in [0.15, 0.2) is 0 Å². The molecule has 1 atom stereocenters. The van der Waals surface area contributed by atoms with Crippen LogP contribution in [0.3, 0.4) is 0 Å². The van der Waals surface area contributed by atoms with Gasteiger partial charge >= 0.3 is 12.0 Å². The maximum Gasteiger partial charge on any atom is 0.317 e. The molecule has 1 unspecified atom stereocenters. The van der Waals surface area contributed by atoms with E-state index in [9.17, 15) is 9.59 Å². The largest absolute Gasteiger partial charge is 0.481 e. The van der Waals surface area contributed by atoms with E-state index in [4.69, 9.17) is 5.11 Å². The molecule has 5 nitrogen and oxygen atoms in total. The molecule has 110 valence electrons. The van der Waals surface area contributed by atoms with Gasteiger partial charge in [0.1, 0.15) is 0 Å². The lowest BCUT2D eigenvalue weighted by molar-refractivity contribution is -0.141. The highest BCUT2D eigenvalue weighted by Crippen LogP contribution is 2.05. The fraction of sp³-hybridized carbons (Fsp3) is 0.467. The molecular formula is C15H22N2O3. The molecule has 0 aliphatic carbocycles. The summed E-state index contributed by atoms with van der Waals surface area (Å²) in [4.78, 5) is 24.1. The molecule has 0 bridgehead atoms. The van der Waals surface area contributed by atoms with Crippen LogP contribution < -0.4 is 5.32 Å². The monoisotopic (exact) mass is 278 g/mol. The number of nitrogens with zero attached hydrogens (tertiary/aromatic N) is 1. The van der Waals surface area contributed by atoms with Crippen LogP contribution in [-0.2, 0) is 11.3 Å². The van der Waals surface area contributed by atoms with Gasteiger partial charge in [0, 0.05) is 20.1 Å². The maximum atomic E-state index is 11.8.